The predicted molar refractivity (Wildman–Crippen MR) is 162 cm³/mol. The highest BCUT2D eigenvalue weighted by Gasteiger charge is 2.41. The van der Waals surface area contributed by atoms with E-state index < -0.39 is 11.2 Å². The molecule has 0 unspecified atom stereocenters. The standard InChI is InChI=1S/C30H40N6O4S/c1-29(2,3)40-28(38)36-15-13-35(14-16-36)20-9-10-23(31-18-20)33-24-17-21-22(19-32-24)41-26(27(37)34(4)5)25(21)30(39-6)11-7-8-12-30/h9-10,17-19H,7-8,11-16H2,1-6H3,(H,31,32,33). The highest BCUT2D eigenvalue weighted by molar-refractivity contribution is 7.21. The van der Waals surface area contributed by atoms with Crippen LogP contribution in [0, 0.1) is 0 Å². The van der Waals surface area contributed by atoms with Crippen LogP contribution in [0.1, 0.15) is 61.7 Å². The molecule has 2 amide bonds. The van der Waals surface area contributed by atoms with Gasteiger partial charge in [0.1, 0.15) is 17.2 Å². The molecule has 3 aromatic rings. The van der Waals surface area contributed by atoms with Crippen molar-refractivity contribution in [3.8, 4) is 0 Å². The minimum Gasteiger partial charge on any atom is -0.444 e. The molecule has 0 radical (unpaired) electrons. The zero-order valence-corrected chi connectivity index (χ0v) is 25.6. The van der Waals surface area contributed by atoms with E-state index in [-0.39, 0.29) is 12.0 Å². The van der Waals surface area contributed by atoms with Gasteiger partial charge in [-0.1, -0.05) is 12.8 Å². The molecule has 2 aliphatic rings. The molecule has 1 N–H and O–H groups in total. The van der Waals surface area contributed by atoms with E-state index in [2.05, 4.69) is 20.2 Å². The van der Waals surface area contributed by atoms with Crippen LogP contribution in [0.3, 0.4) is 0 Å². The molecule has 3 aromatic heterocycles. The first-order chi connectivity index (χ1) is 19.5. The Hall–Kier alpha value is -3.44. The lowest BCUT2D eigenvalue weighted by atomic mass is 9.89. The maximum Gasteiger partial charge on any atom is 0.410 e. The smallest absolute Gasteiger partial charge is 0.410 e. The highest BCUT2D eigenvalue weighted by Crippen LogP contribution is 2.49. The van der Waals surface area contributed by atoms with E-state index in [0.29, 0.717) is 37.8 Å². The van der Waals surface area contributed by atoms with E-state index in [1.54, 1.807) is 31.0 Å². The summed E-state index contributed by atoms with van der Waals surface area (Å²) >= 11 is 1.48. The molecule has 0 bridgehead atoms. The van der Waals surface area contributed by atoms with Crippen LogP contribution in [0.25, 0.3) is 10.1 Å². The van der Waals surface area contributed by atoms with Crippen molar-refractivity contribution in [3.05, 3.63) is 41.0 Å². The number of nitrogens with zero attached hydrogens (tertiary/aromatic N) is 5. The summed E-state index contributed by atoms with van der Waals surface area (Å²) < 4.78 is 12.6. The van der Waals surface area contributed by atoms with Crippen molar-refractivity contribution >= 4 is 50.7 Å². The van der Waals surface area contributed by atoms with Crippen molar-refractivity contribution in [2.24, 2.45) is 0 Å². The number of carbonyl (C=O) groups excluding carboxylic acids is 2. The van der Waals surface area contributed by atoms with Crippen molar-refractivity contribution in [1.29, 1.82) is 0 Å². The van der Waals surface area contributed by atoms with E-state index >= 15 is 0 Å². The lowest BCUT2D eigenvalue weighted by molar-refractivity contribution is -0.00788. The van der Waals surface area contributed by atoms with E-state index in [9.17, 15) is 9.59 Å². The lowest BCUT2D eigenvalue weighted by Gasteiger charge is -2.36. The Balaban J connectivity index is 1.32. The molecule has 10 nitrogen and oxygen atoms in total. The van der Waals surface area contributed by atoms with Crippen LogP contribution in [-0.2, 0) is 15.1 Å². The summed E-state index contributed by atoms with van der Waals surface area (Å²) in [4.78, 5) is 41.2. The number of anilines is 3. The molecule has 5 rings (SSSR count). The van der Waals surface area contributed by atoms with Gasteiger partial charge >= 0.3 is 6.09 Å². The average Bonchev–Trinajstić information content (AvgIpc) is 3.57. The number of rotatable bonds is 6. The number of hydrogen-bond acceptors (Lipinski definition) is 9. The Bertz CT molecular complexity index is 1400. The van der Waals surface area contributed by atoms with Gasteiger partial charge in [-0.15, -0.1) is 11.3 Å². The predicted octanol–water partition coefficient (Wildman–Crippen LogP) is 5.61. The van der Waals surface area contributed by atoms with Gasteiger partial charge in [-0.3, -0.25) is 4.79 Å². The molecule has 41 heavy (non-hydrogen) atoms. The number of thiophene rings is 1. The fourth-order valence-corrected chi connectivity index (χ4v) is 6.90. The van der Waals surface area contributed by atoms with Crippen molar-refractivity contribution in [2.75, 3.05) is 57.6 Å². The van der Waals surface area contributed by atoms with Gasteiger partial charge < -0.3 is 29.5 Å². The number of ether oxygens (including phenoxy) is 2. The first kappa shape index (κ1) is 29.1. The maximum atomic E-state index is 13.2. The highest BCUT2D eigenvalue weighted by atomic mass is 32.1. The number of aromatic nitrogens is 2. The van der Waals surface area contributed by atoms with Gasteiger partial charge in [0.05, 0.1) is 27.1 Å². The van der Waals surface area contributed by atoms with E-state index in [1.807, 2.05) is 51.4 Å². The van der Waals surface area contributed by atoms with Crippen LogP contribution in [0.4, 0.5) is 22.1 Å². The third-order valence-electron chi connectivity index (χ3n) is 7.73. The fraction of sp³-hybridized carbons (Fsp3) is 0.533. The fourth-order valence-electron chi connectivity index (χ4n) is 5.63. The third-order valence-corrected chi connectivity index (χ3v) is 8.86. The number of hydrogen-bond donors (Lipinski definition) is 1. The third kappa shape index (κ3) is 6.11. The second-order valence-corrected chi connectivity index (χ2v) is 13.0. The molecule has 0 spiro atoms. The first-order valence-corrected chi connectivity index (χ1v) is 15.0. The Morgan fingerprint density at radius 3 is 2.29 bits per heavy atom. The normalized spacial score (nSPS) is 17.1. The van der Waals surface area contributed by atoms with Gasteiger partial charge in [-0.2, -0.15) is 0 Å². The summed E-state index contributed by atoms with van der Waals surface area (Å²) in [6.45, 7) is 8.26. The Labute approximate surface area is 245 Å². The van der Waals surface area contributed by atoms with Crippen LogP contribution < -0.4 is 10.2 Å². The molecule has 2 fully saturated rings. The van der Waals surface area contributed by atoms with Gasteiger partial charge in [-0.05, 0) is 51.8 Å². The number of methoxy groups -OCH3 is 1. The zero-order chi connectivity index (χ0) is 29.4. The summed E-state index contributed by atoms with van der Waals surface area (Å²) in [5.74, 6) is 1.33. The zero-order valence-electron chi connectivity index (χ0n) is 24.8. The minimum absolute atomic E-state index is 0.0109. The van der Waals surface area contributed by atoms with Crippen LogP contribution in [0.2, 0.25) is 0 Å². The van der Waals surface area contributed by atoms with E-state index in [0.717, 1.165) is 51.9 Å². The van der Waals surface area contributed by atoms with Crippen LogP contribution in [0.5, 0.6) is 0 Å². The maximum absolute atomic E-state index is 13.2. The minimum atomic E-state index is -0.501. The number of fused-ring (bicyclic) bond motifs is 1. The summed E-state index contributed by atoms with van der Waals surface area (Å²) in [5, 5.41) is 4.34. The monoisotopic (exact) mass is 580 g/mol. The van der Waals surface area contributed by atoms with E-state index in [1.165, 1.54) is 11.3 Å². The van der Waals surface area contributed by atoms with E-state index in [4.69, 9.17) is 9.47 Å². The van der Waals surface area contributed by atoms with Crippen LogP contribution in [-0.4, -0.2) is 84.8 Å². The van der Waals surface area contributed by atoms with Crippen LogP contribution >= 0.6 is 11.3 Å². The number of carbonyl (C=O) groups is 2. The Morgan fingerprint density at radius 1 is 1.02 bits per heavy atom. The van der Waals surface area contributed by atoms with Gasteiger partial charge in [-0.25, -0.2) is 14.8 Å². The summed E-state index contributed by atoms with van der Waals surface area (Å²) in [6, 6.07) is 5.97. The summed E-state index contributed by atoms with van der Waals surface area (Å²) in [5.41, 5.74) is 1.01. The van der Waals surface area contributed by atoms with Crippen molar-refractivity contribution in [2.45, 2.75) is 57.7 Å². The number of amides is 2. The van der Waals surface area contributed by atoms with Gasteiger partial charge in [0, 0.05) is 64.5 Å². The van der Waals surface area contributed by atoms with Gasteiger partial charge in [0.25, 0.3) is 5.91 Å². The van der Waals surface area contributed by atoms with Crippen molar-refractivity contribution in [3.63, 3.8) is 0 Å². The van der Waals surface area contributed by atoms with Gasteiger partial charge in [0.2, 0.25) is 0 Å². The molecule has 1 aliphatic heterocycles. The molecule has 1 aliphatic carbocycles. The Morgan fingerprint density at radius 2 is 1.71 bits per heavy atom. The summed E-state index contributed by atoms with van der Waals surface area (Å²) in [7, 11) is 5.32. The van der Waals surface area contributed by atoms with Crippen LogP contribution in [0.15, 0.2) is 30.6 Å². The lowest BCUT2D eigenvalue weighted by Crippen LogP contribution is -2.50. The van der Waals surface area contributed by atoms with Gasteiger partial charge in [0.15, 0.2) is 0 Å². The molecule has 11 heteroatoms. The SMILES string of the molecule is COC1(c2c(C(=O)N(C)C)sc3cnc(Nc4ccc(N5CCN(C(=O)OC(C)(C)C)CC5)cn4)cc23)CCCC1. The van der Waals surface area contributed by atoms with Crippen molar-refractivity contribution < 1.29 is 19.1 Å². The molecular formula is C30H40N6O4S. The first-order valence-electron chi connectivity index (χ1n) is 14.2. The molecule has 220 valence electrons. The summed E-state index contributed by atoms with van der Waals surface area (Å²) in [6.07, 6.45) is 7.33. The topological polar surface area (TPSA) is 100 Å². The van der Waals surface area contributed by atoms with Crippen molar-refractivity contribution in [1.82, 2.24) is 19.8 Å². The molecule has 1 saturated heterocycles. The molecule has 4 heterocycles. The number of piperazine rings is 1. The average molecular weight is 581 g/mol. The number of pyridine rings is 2. The number of nitrogens with one attached hydrogen (secondary N) is 1. The molecule has 0 atom stereocenters. The Kier molecular flexibility index (Phi) is 8.11. The molecule has 0 aromatic carbocycles. The molecule has 1 saturated carbocycles. The largest absolute Gasteiger partial charge is 0.444 e. The second kappa shape index (κ2) is 11.4. The second-order valence-electron chi connectivity index (χ2n) is 12.0. The molecular weight excluding hydrogens is 540 g/mol. The quantitative estimate of drug-likeness (QED) is 0.402.